The van der Waals surface area contributed by atoms with Crippen LogP contribution in [-0.2, 0) is 10.9 Å². The molecule has 18 heavy (non-hydrogen) atoms. The van der Waals surface area contributed by atoms with E-state index in [0.717, 1.165) is 12.1 Å². The van der Waals surface area contributed by atoms with Crippen LogP contribution in [0.4, 0.5) is 23.7 Å². The van der Waals surface area contributed by atoms with Crippen molar-refractivity contribution in [2.45, 2.75) is 26.1 Å². The van der Waals surface area contributed by atoms with Crippen LogP contribution in [0.1, 0.15) is 19.4 Å². The summed E-state index contributed by atoms with van der Waals surface area (Å²) in [4.78, 5) is 11.3. The second-order valence-electron chi connectivity index (χ2n) is 3.77. The van der Waals surface area contributed by atoms with E-state index in [2.05, 4.69) is 21.2 Å². The van der Waals surface area contributed by atoms with Crippen molar-refractivity contribution in [3.8, 4) is 0 Å². The van der Waals surface area contributed by atoms with Crippen LogP contribution >= 0.6 is 15.9 Å². The number of carbonyl (C=O) groups excluding carboxylic acids is 1. The average molecular weight is 326 g/mol. The van der Waals surface area contributed by atoms with Crippen LogP contribution in [0, 0.1) is 0 Å². The van der Waals surface area contributed by atoms with E-state index in [9.17, 15) is 18.0 Å². The van der Waals surface area contributed by atoms with Gasteiger partial charge in [0.1, 0.15) is 0 Å². The van der Waals surface area contributed by atoms with Crippen molar-refractivity contribution < 1.29 is 22.7 Å². The van der Waals surface area contributed by atoms with Crippen LogP contribution in [-0.4, -0.2) is 12.2 Å². The average Bonchev–Trinajstić information content (AvgIpc) is 2.18. The second-order valence-corrected chi connectivity index (χ2v) is 4.63. The maximum absolute atomic E-state index is 12.5. The van der Waals surface area contributed by atoms with Gasteiger partial charge in [0.05, 0.1) is 17.4 Å². The Balaban J connectivity index is 2.92. The highest BCUT2D eigenvalue weighted by atomic mass is 79.9. The Morgan fingerprint density at radius 2 is 2.00 bits per heavy atom. The predicted octanol–water partition coefficient (Wildman–Crippen LogP) is 4.42. The van der Waals surface area contributed by atoms with Crippen LogP contribution in [0.15, 0.2) is 22.7 Å². The van der Waals surface area contributed by atoms with Crippen molar-refractivity contribution in [3.63, 3.8) is 0 Å². The molecule has 0 saturated carbocycles. The number of alkyl halides is 3. The Labute approximate surface area is 110 Å². The molecule has 1 amide bonds. The lowest BCUT2D eigenvalue weighted by Gasteiger charge is -2.13. The summed E-state index contributed by atoms with van der Waals surface area (Å²) in [5.41, 5.74) is -0.832. The highest BCUT2D eigenvalue weighted by Gasteiger charge is 2.31. The first-order chi connectivity index (χ1) is 8.20. The monoisotopic (exact) mass is 325 g/mol. The first kappa shape index (κ1) is 14.8. The third-order valence-corrected chi connectivity index (χ3v) is 2.56. The van der Waals surface area contributed by atoms with Crippen molar-refractivity contribution in [2.24, 2.45) is 0 Å². The minimum atomic E-state index is -4.46. The van der Waals surface area contributed by atoms with Gasteiger partial charge in [-0.1, -0.05) is 0 Å². The number of amides is 1. The van der Waals surface area contributed by atoms with E-state index in [-0.39, 0.29) is 11.8 Å². The molecule has 0 aliphatic rings. The SMILES string of the molecule is CC(C)OC(=O)Nc1cc(C(F)(F)F)ccc1Br. The summed E-state index contributed by atoms with van der Waals surface area (Å²) in [5.74, 6) is 0. The van der Waals surface area contributed by atoms with Gasteiger partial charge in [-0.2, -0.15) is 13.2 Å². The minimum Gasteiger partial charge on any atom is -0.447 e. The molecule has 0 aromatic heterocycles. The Hall–Kier alpha value is -1.24. The number of hydrogen-bond acceptors (Lipinski definition) is 2. The normalized spacial score (nSPS) is 11.5. The number of halogens is 4. The maximum Gasteiger partial charge on any atom is 0.416 e. The standard InChI is InChI=1S/C11H11BrF3NO2/c1-6(2)18-10(17)16-9-5-7(11(13,14)15)3-4-8(9)12/h3-6H,1-2H3,(H,16,17). The van der Waals surface area contributed by atoms with Crippen molar-refractivity contribution in [3.05, 3.63) is 28.2 Å². The highest BCUT2D eigenvalue weighted by molar-refractivity contribution is 9.10. The third-order valence-electron chi connectivity index (χ3n) is 1.87. The number of nitrogens with one attached hydrogen (secondary N) is 1. The molecule has 1 aromatic rings. The molecular weight excluding hydrogens is 315 g/mol. The molecule has 100 valence electrons. The molecule has 1 N–H and O–H groups in total. The molecule has 0 bridgehead atoms. The van der Waals surface area contributed by atoms with Gasteiger partial charge in [0.15, 0.2) is 0 Å². The summed E-state index contributed by atoms with van der Waals surface area (Å²) in [7, 11) is 0. The molecular formula is C11H11BrF3NO2. The van der Waals surface area contributed by atoms with E-state index in [0.29, 0.717) is 4.47 Å². The number of carbonyl (C=O) groups is 1. The summed E-state index contributed by atoms with van der Waals surface area (Å²) in [6, 6.07) is 2.97. The van der Waals surface area contributed by atoms with E-state index >= 15 is 0 Å². The lowest BCUT2D eigenvalue weighted by atomic mass is 10.2. The molecule has 1 aromatic carbocycles. The number of benzene rings is 1. The van der Waals surface area contributed by atoms with Gasteiger partial charge in [-0.05, 0) is 48.0 Å². The van der Waals surface area contributed by atoms with Gasteiger partial charge in [-0.3, -0.25) is 5.32 Å². The first-order valence-corrected chi connectivity index (χ1v) is 5.84. The van der Waals surface area contributed by atoms with E-state index in [1.807, 2.05) is 0 Å². The fourth-order valence-electron chi connectivity index (χ4n) is 1.15. The van der Waals surface area contributed by atoms with Crippen LogP contribution < -0.4 is 5.32 Å². The minimum absolute atomic E-state index is 0.00970. The smallest absolute Gasteiger partial charge is 0.416 e. The third kappa shape index (κ3) is 4.21. The zero-order valence-electron chi connectivity index (χ0n) is 9.64. The lowest BCUT2D eigenvalue weighted by molar-refractivity contribution is -0.137. The summed E-state index contributed by atoms with van der Waals surface area (Å²) in [6.45, 7) is 3.28. The van der Waals surface area contributed by atoms with Gasteiger partial charge < -0.3 is 4.74 Å². The van der Waals surface area contributed by atoms with E-state index < -0.39 is 17.8 Å². The fourth-order valence-corrected chi connectivity index (χ4v) is 1.50. The first-order valence-electron chi connectivity index (χ1n) is 5.04. The summed E-state index contributed by atoms with van der Waals surface area (Å²) in [6.07, 6.45) is -5.61. The summed E-state index contributed by atoms with van der Waals surface area (Å²) >= 11 is 3.05. The number of hydrogen-bond donors (Lipinski definition) is 1. The van der Waals surface area contributed by atoms with Crippen molar-refractivity contribution in [1.29, 1.82) is 0 Å². The van der Waals surface area contributed by atoms with E-state index in [4.69, 9.17) is 4.74 Å². The van der Waals surface area contributed by atoms with Gasteiger partial charge in [-0.15, -0.1) is 0 Å². The van der Waals surface area contributed by atoms with Crippen molar-refractivity contribution in [2.75, 3.05) is 5.32 Å². The van der Waals surface area contributed by atoms with Gasteiger partial charge in [0.25, 0.3) is 0 Å². The molecule has 0 unspecified atom stereocenters. The molecule has 3 nitrogen and oxygen atoms in total. The van der Waals surface area contributed by atoms with Gasteiger partial charge in [0, 0.05) is 4.47 Å². The molecule has 0 atom stereocenters. The molecule has 0 saturated heterocycles. The van der Waals surface area contributed by atoms with Gasteiger partial charge in [-0.25, -0.2) is 4.79 Å². The van der Waals surface area contributed by atoms with Crippen LogP contribution in [0.3, 0.4) is 0 Å². The quantitative estimate of drug-likeness (QED) is 0.873. The van der Waals surface area contributed by atoms with E-state index in [1.165, 1.54) is 6.07 Å². The number of ether oxygens (including phenoxy) is 1. The highest BCUT2D eigenvalue weighted by Crippen LogP contribution is 2.33. The molecule has 0 aliphatic heterocycles. The summed E-state index contributed by atoms with van der Waals surface area (Å²) in [5, 5.41) is 2.25. The van der Waals surface area contributed by atoms with Crippen LogP contribution in [0.25, 0.3) is 0 Å². The number of anilines is 1. The Morgan fingerprint density at radius 3 is 2.50 bits per heavy atom. The van der Waals surface area contributed by atoms with Crippen molar-refractivity contribution in [1.82, 2.24) is 0 Å². The molecule has 0 heterocycles. The fraction of sp³-hybridized carbons (Fsp3) is 0.364. The van der Waals surface area contributed by atoms with Gasteiger partial charge >= 0.3 is 12.3 Å². The molecule has 0 aliphatic carbocycles. The second kappa shape index (κ2) is 5.60. The Morgan fingerprint density at radius 1 is 1.39 bits per heavy atom. The predicted molar refractivity (Wildman–Crippen MR) is 64.4 cm³/mol. The van der Waals surface area contributed by atoms with E-state index in [1.54, 1.807) is 13.8 Å². The molecule has 1 rings (SSSR count). The topological polar surface area (TPSA) is 38.3 Å². The van der Waals surface area contributed by atoms with Crippen LogP contribution in [0.2, 0.25) is 0 Å². The molecule has 7 heteroatoms. The summed E-state index contributed by atoms with van der Waals surface area (Å²) < 4.78 is 42.6. The van der Waals surface area contributed by atoms with Crippen LogP contribution in [0.5, 0.6) is 0 Å². The largest absolute Gasteiger partial charge is 0.447 e. The lowest BCUT2D eigenvalue weighted by Crippen LogP contribution is -2.18. The Kier molecular flexibility index (Phi) is 4.61. The van der Waals surface area contributed by atoms with Crippen molar-refractivity contribution >= 4 is 27.7 Å². The zero-order valence-corrected chi connectivity index (χ0v) is 11.2. The molecule has 0 fully saturated rings. The number of rotatable bonds is 2. The Bertz CT molecular complexity index is 446. The molecule has 0 radical (unpaired) electrons. The molecule has 0 spiro atoms. The van der Waals surface area contributed by atoms with Gasteiger partial charge in [0.2, 0.25) is 0 Å². The zero-order chi connectivity index (χ0) is 13.9. The maximum atomic E-state index is 12.5.